The van der Waals surface area contributed by atoms with Crippen LogP contribution in [0.25, 0.3) is 6.08 Å². The van der Waals surface area contributed by atoms with Crippen LogP contribution in [0.5, 0.6) is 11.5 Å². The first-order chi connectivity index (χ1) is 12.0. The van der Waals surface area contributed by atoms with Crippen LogP contribution in [0.1, 0.15) is 16.7 Å². The van der Waals surface area contributed by atoms with E-state index in [9.17, 15) is 10.1 Å². The quantitative estimate of drug-likeness (QED) is 0.665. The highest BCUT2D eigenvalue weighted by molar-refractivity contribution is 6.09. The van der Waals surface area contributed by atoms with Crippen molar-refractivity contribution in [3.05, 3.63) is 58.7 Å². The molecule has 5 nitrogen and oxygen atoms in total. The number of aryl methyl sites for hydroxylation is 2. The summed E-state index contributed by atoms with van der Waals surface area (Å²) < 4.78 is 10.5. The maximum Gasteiger partial charge on any atom is 0.266 e. The molecular formula is C20H20N2O3. The van der Waals surface area contributed by atoms with E-state index in [-0.39, 0.29) is 5.57 Å². The minimum Gasteiger partial charge on any atom is -0.497 e. The van der Waals surface area contributed by atoms with Crippen LogP contribution in [0.4, 0.5) is 5.69 Å². The number of rotatable bonds is 5. The second-order valence-corrected chi connectivity index (χ2v) is 5.53. The number of methoxy groups -OCH3 is 2. The molecule has 0 fully saturated rings. The Morgan fingerprint density at radius 3 is 2.44 bits per heavy atom. The van der Waals surface area contributed by atoms with Gasteiger partial charge in [-0.05, 0) is 61.4 Å². The highest BCUT2D eigenvalue weighted by Crippen LogP contribution is 2.26. The molecule has 0 aliphatic carbocycles. The van der Waals surface area contributed by atoms with E-state index in [1.54, 1.807) is 31.4 Å². The van der Waals surface area contributed by atoms with Gasteiger partial charge in [0.2, 0.25) is 0 Å². The monoisotopic (exact) mass is 336 g/mol. The molecular weight excluding hydrogens is 316 g/mol. The number of carbonyl (C=O) groups excluding carboxylic acids is 1. The molecule has 0 aliphatic heterocycles. The van der Waals surface area contributed by atoms with E-state index >= 15 is 0 Å². The molecule has 0 spiro atoms. The summed E-state index contributed by atoms with van der Waals surface area (Å²) in [6, 6.07) is 12.7. The lowest BCUT2D eigenvalue weighted by atomic mass is 10.1. The molecule has 0 saturated carbocycles. The number of nitriles is 1. The molecule has 2 rings (SSSR count). The Morgan fingerprint density at radius 2 is 1.84 bits per heavy atom. The fourth-order valence-electron chi connectivity index (χ4n) is 2.27. The van der Waals surface area contributed by atoms with Crippen molar-refractivity contribution < 1.29 is 14.3 Å². The summed E-state index contributed by atoms with van der Waals surface area (Å²) in [5.41, 5.74) is 3.41. The van der Waals surface area contributed by atoms with Gasteiger partial charge in [0.05, 0.1) is 14.2 Å². The largest absolute Gasteiger partial charge is 0.497 e. The van der Waals surface area contributed by atoms with Crippen LogP contribution in [-0.4, -0.2) is 20.1 Å². The third-order valence-electron chi connectivity index (χ3n) is 3.87. The van der Waals surface area contributed by atoms with Gasteiger partial charge in [0, 0.05) is 11.3 Å². The topological polar surface area (TPSA) is 71.3 Å². The van der Waals surface area contributed by atoms with Gasteiger partial charge in [-0.25, -0.2) is 0 Å². The summed E-state index contributed by atoms with van der Waals surface area (Å²) in [7, 11) is 3.08. The Kier molecular flexibility index (Phi) is 5.80. The van der Waals surface area contributed by atoms with E-state index in [0.717, 1.165) is 11.1 Å². The van der Waals surface area contributed by atoms with Gasteiger partial charge in [-0.3, -0.25) is 4.79 Å². The van der Waals surface area contributed by atoms with Crippen LogP contribution in [0, 0.1) is 25.2 Å². The first-order valence-electron chi connectivity index (χ1n) is 7.71. The molecule has 2 aromatic rings. The van der Waals surface area contributed by atoms with Crippen molar-refractivity contribution in [3.8, 4) is 17.6 Å². The molecule has 0 aromatic heterocycles. The Balaban J connectivity index is 2.32. The second-order valence-electron chi connectivity index (χ2n) is 5.53. The van der Waals surface area contributed by atoms with E-state index in [0.29, 0.717) is 22.7 Å². The number of ether oxygens (including phenoxy) is 2. The number of anilines is 1. The molecule has 5 heteroatoms. The smallest absolute Gasteiger partial charge is 0.266 e. The number of benzene rings is 2. The molecule has 1 amide bonds. The molecule has 0 atom stereocenters. The van der Waals surface area contributed by atoms with Gasteiger partial charge in [-0.1, -0.05) is 6.07 Å². The first kappa shape index (κ1) is 18.1. The molecule has 0 aliphatic rings. The summed E-state index contributed by atoms with van der Waals surface area (Å²) in [6.07, 6.45) is 1.48. The number of hydrogen-bond donors (Lipinski definition) is 1. The minimum atomic E-state index is -0.476. The van der Waals surface area contributed by atoms with Gasteiger partial charge in [0.15, 0.2) is 0 Å². The third kappa shape index (κ3) is 4.39. The maximum atomic E-state index is 12.4. The SMILES string of the molecule is COc1ccc(OC)c(C=C(C#N)C(=O)Nc2ccc(C)c(C)c2)c1. The Labute approximate surface area is 147 Å². The van der Waals surface area contributed by atoms with E-state index in [2.05, 4.69) is 5.32 Å². The molecule has 0 bridgehead atoms. The molecule has 0 unspecified atom stereocenters. The van der Waals surface area contributed by atoms with Crippen LogP contribution in [0.15, 0.2) is 42.0 Å². The van der Waals surface area contributed by atoms with Crippen LogP contribution >= 0.6 is 0 Å². The van der Waals surface area contributed by atoms with Crippen molar-refractivity contribution in [1.82, 2.24) is 0 Å². The number of carbonyl (C=O) groups is 1. The zero-order valence-electron chi connectivity index (χ0n) is 14.7. The van der Waals surface area contributed by atoms with Crippen LogP contribution in [0.3, 0.4) is 0 Å². The Hall–Kier alpha value is -3.26. The Morgan fingerprint density at radius 1 is 1.08 bits per heavy atom. The van der Waals surface area contributed by atoms with Crippen molar-refractivity contribution in [2.45, 2.75) is 13.8 Å². The fourth-order valence-corrected chi connectivity index (χ4v) is 2.27. The van der Waals surface area contributed by atoms with Gasteiger partial charge >= 0.3 is 0 Å². The Bertz CT molecular complexity index is 864. The maximum absolute atomic E-state index is 12.4. The van der Waals surface area contributed by atoms with Gasteiger partial charge in [0.25, 0.3) is 5.91 Å². The summed E-state index contributed by atoms with van der Waals surface area (Å²) in [5.74, 6) is 0.682. The van der Waals surface area contributed by atoms with Crippen molar-refractivity contribution in [3.63, 3.8) is 0 Å². The van der Waals surface area contributed by atoms with E-state index in [4.69, 9.17) is 9.47 Å². The number of hydrogen-bond acceptors (Lipinski definition) is 4. The predicted molar refractivity (Wildman–Crippen MR) is 97.7 cm³/mol. The van der Waals surface area contributed by atoms with Crippen molar-refractivity contribution >= 4 is 17.7 Å². The van der Waals surface area contributed by atoms with Crippen molar-refractivity contribution in [2.75, 3.05) is 19.5 Å². The molecule has 128 valence electrons. The van der Waals surface area contributed by atoms with Crippen LogP contribution in [0.2, 0.25) is 0 Å². The summed E-state index contributed by atoms with van der Waals surface area (Å²) in [6.45, 7) is 3.96. The molecule has 25 heavy (non-hydrogen) atoms. The number of amides is 1. The number of nitrogens with zero attached hydrogens (tertiary/aromatic N) is 1. The standard InChI is InChI=1S/C20H20N2O3/c1-13-5-6-17(9-14(13)2)22-20(23)16(12-21)10-15-11-18(24-3)7-8-19(15)25-4/h5-11H,1-4H3,(H,22,23). The van der Waals surface area contributed by atoms with Gasteiger partial charge in [-0.2, -0.15) is 5.26 Å². The van der Waals surface area contributed by atoms with E-state index in [1.165, 1.54) is 13.2 Å². The third-order valence-corrected chi connectivity index (χ3v) is 3.87. The normalized spacial score (nSPS) is 10.8. The zero-order chi connectivity index (χ0) is 18.4. The molecule has 0 saturated heterocycles. The minimum absolute atomic E-state index is 0.0234. The highest BCUT2D eigenvalue weighted by atomic mass is 16.5. The van der Waals surface area contributed by atoms with Gasteiger partial charge in [0.1, 0.15) is 23.1 Å². The zero-order valence-corrected chi connectivity index (χ0v) is 14.7. The highest BCUT2D eigenvalue weighted by Gasteiger charge is 2.12. The van der Waals surface area contributed by atoms with Crippen molar-refractivity contribution in [1.29, 1.82) is 5.26 Å². The summed E-state index contributed by atoms with van der Waals surface area (Å²) in [4.78, 5) is 12.4. The second kappa shape index (κ2) is 8.02. The van der Waals surface area contributed by atoms with Crippen molar-refractivity contribution in [2.24, 2.45) is 0 Å². The van der Waals surface area contributed by atoms with E-state index in [1.807, 2.05) is 32.0 Å². The lowest BCUT2D eigenvalue weighted by molar-refractivity contribution is -0.112. The lowest BCUT2D eigenvalue weighted by Gasteiger charge is -2.09. The molecule has 0 heterocycles. The summed E-state index contributed by atoms with van der Waals surface area (Å²) in [5, 5.41) is 12.1. The van der Waals surface area contributed by atoms with Crippen LogP contribution < -0.4 is 14.8 Å². The molecule has 0 radical (unpaired) electrons. The fraction of sp³-hybridized carbons (Fsp3) is 0.200. The summed E-state index contributed by atoms with van der Waals surface area (Å²) >= 11 is 0. The molecule has 2 aromatic carbocycles. The predicted octanol–water partition coefficient (Wildman–Crippen LogP) is 3.87. The average Bonchev–Trinajstić information content (AvgIpc) is 2.62. The van der Waals surface area contributed by atoms with Crippen LogP contribution in [-0.2, 0) is 4.79 Å². The van der Waals surface area contributed by atoms with Gasteiger partial charge < -0.3 is 14.8 Å². The average molecular weight is 336 g/mol. The lowest BCUT2D eigenvalue weighted by Crippen LogP contribution is -2.13. The number of nitrogens with one attached hydrogen (secondary N) is 1. The molecule has 1 N–H and O–H groups in total. The van der Waals surface area contributed by atoms with Gasteiger partial charge in [-0.15, -0.1) is 0 Å². The van der Waals surface area contributed by atoms with E-state index < -0.39 is 5.91 Å². The first-order valence-corrected chi connectivity index (χ1v) is 7.71.